The molecule has 1 aromatic carbocycles. The number of nitrogens with one attached hydrogen (secondary N) is 2. The number of aromatic nitrogens is 1. The predicted molar refractivity (Wildman–Crippen MR) is 90.6 cm³/mol. The van der Waals surface area contributed by atoms with Gasteiger partial charge in [-0.25, -0.2) is 13.6 Å². The number of aliphatic carboxylic acids is 1. The van der Waals surface area contributed by atoms with Crippen molar-refractivity contribution >= 4 is 23.6 Å². The van der Waals surface area contributed by atoms with Crippen LogP contribution in [0.2, 0.25) is 0 Å². The molecule has 3 rings (SSSR count). The van der Waals surface area contributed by atoms with Crippen LogP contribution in [0.4, 0.5) is 19.3 Å². The van der Waals surface area contributed by atoms with Gasteiger partial charge >= 0.3 is 12.0 Å². The third-order valence-corrected chi connectivity index (χ3v) is 4.12. The quantitative estimate of drug-likeness (QED) is 0.710. The molecule has 11 heteroatoms. The van der Waals surface area contributed by atoms with E-state index in [1.165, 1.54) is 4.90 Å². The van der Waals surface area contributed by atoms with E-state index >= 15 is 0 Å². The number of anilines is 1. The van der Waals surface area contributed by atoms with Crippen LogP contribution in [0.25, 0.3) is 0 Å². The van der Waals surface area contributed by atoms with Crippen LogP contribution in [0.5, 0.6) is 0 Å². The van der Waals surface area contributed by atoms with Gasteiger partial charge in [0.25, 0.3) is 5.91 Å². The minimum absolute atomic E-state index is 0.0245. The summed E-state index contributed by atoms with van der Waals surface area (Å²) in [7, 11) is 0. The summed E-state index contributed by atoms with van der Waals surface area (Å²) in [5.41, 5.74) is 0.0384. The Bertz CT molecular complexity index is 930. The number of carboxylic acids is 1. The Kier molecular flexibility index (Phi) is 5.52. The van der Waals surface area contributed by atoms with Crippen molar-refractivity contribution in [3.8, 4) is 0 Å². The van der Waals surface area contributed by atoms with Gasteiger partial charge in [-0.2, -0.15) is 0 Å². The van der Waals surface area contributed by atoms with Gasteiger partial charge in [0.05, 0.1) is 18.7 Å². The first-order valence-electron chi connectivity index (χ1n) is 8.33. The number of halogens is 2. The van der Waals surface area contributed by atoms with Crippen molar-refractivity contribution in [2.75, 3.05) is 18.4 Å². The van der Waals surface area contributed by atoms with Gasteiger partial charge in [-0.1, -0.05) is 5.16 Å². The second-order valence-electron chi connectivity index (χ2n) is 6.06. The molecule has 0 aliphatic carbocycles. The SMILES string of the molecule is O=C(O)CCNC(=O)c1noc2c1CN(C(=O)Nc1cc(F)ccc1F)CC2. The summed E-state index contributed by atoms with van der Waals surface area (Å²) < 4.78 is 32.1. The van der Waals surface area contributed by atoms with E-state index in [9.17, 15) is 23.2 Å². The molecule has 148 valence electrons. The lowest BCUT2D eigenvalue weighted by Crippen LogP contribution is -2.39. The Hall–Kier alpha value is -3.50. The molecule has 0 unspecified atom stereocenters. The lowest BCUT2D eigenvalue weighted by molar-refractivity contribution is -0.136. The van der Waals surface area contributed by atoms with Crippen LogP contribution in [0.3, 0.4) is 0 Å². The zero-order valence-corrected chi connectivity index (χ0v) is 14.5. The Morgan fingerprint density at radius 3 is 2.82 bits per heavy atom. The maximum atomic E-state index is 13.7. The number of amides is 3. The monoisotopic (exact) mass is 394 g/mol. The number of carbonyl (C=O) groups is 3. The standard InChI is InChI=1S/C17H16F2N4O5/c18-9-1-2-11(19)12(7-9)21-17(27)23-6-4-13-10(8-23)15(22-28-13)16(26)20-5-3-14(24)25/h1-2,7H,3-6,8H2,(H,20,26)(H,21,27)(H,24,25). The lowest BCUT2D eigenvalue weighted by Gasteiger charge is -2.26. The average molecular weight is 394 g/mol. The molecule has 3 N–H and O–H groups in total. The van der Waals surface area contributed by atoms with E-state index < -0.39 is 29.5 Å². The molecule has 0 fully saturated rings. The normalized spacial score (nSPS) is 13.0. The molecule has 1 aliphatic heterocycles. The number of hydrogen-bond acceptors (Lipinski definition) is 5. The van der Waals surface area contributed by atoms with E-state index in [4.69, 9.17) is 9.63 Å². The number of nitrogens with zero attached hydrogens (tertiary/aromatic N) is 2. The van der Waals surface area contributed by atoms with E-state index in [0.29, 0.717) is 11.3 Å². The molecule has 2 heterocycles. The summed E-state index contributed by atoms with van der Waals surface area (Å²) in [5.74, 6) is -2.73. The van der Waals surface area contributed by atoms with E-state index in [1.54, 1.807) is 0 Å². The first kappa shape index (κ1) is 19.3. The van der Waals surface area contributed by atoms with E-state index in [1.807, 2.05) is 0 Å². The topological polar surface area (TPSA) is 125 Å². The van der Waals surface area contributed by atoms with Gasteiger partial charge in [0.2, 0.25) is 0 Å². The molecule has 0 spiro atoms. The first-order chi connectivity index (χ1) is 13.3. The number of carboxylic acid groups (broad SMARTS) is 1. The minimum Gasteiger partial charge on any atom is -0.481 e. The highest BCUT2D eigenvalue weighted by atomic mass is 19.1. The maximum absolute atomic E-state index is 13.7. The summed E-state index contributed by atoms with van der Waals surface area (Å²) in [6.07, 6.45) is 0.0311. The number of hydrogen-bond donors (Lipinski definition) is 3. The fraction of sp³-hybridized carbons (Fsp3) is 0.294. The highest BCUT2D eigenvalue weighted by Gasteiger charge is 2.30. The largest absolute Gasteiger partial charge is 0.481 e. The van der Waals surface area contributed by atoms with Gasteiger partial charge < -0.3 is 25.2 Å². The highest BCUT2D eigenvalue weighted by Crippen LogP contribution is 2.24. The average Bonchev–Trinajstić information content (AvgIpc) is 3.07. The van der Waals surface area contributed by atoms with Gasteiger partial charge in [0.15, 0.2) is 5.69 Å². The van der Waals surface area contributed by atoms with Crippen LogP contribution >= 0.6 is 0 Å². The maximum Gasteiger partial charge on any atom is 0.322 e. The van der Waals surface area contributed by atoms with Crippen LogP contribution < -0.4 is 10.6 Å². The number of urea groups is 1. The Balaban J connectivity index is 1.68. The zero-order valence-electron chi connectivity index (χ0n) is 14.5. The summed E-state index contributed by atoms with van der Waals surface area (Å²) in [6.45, 7) is 0.118. The van der Waals surface area contributed by atoms with Crippen molar-refractivity contribution < 1.29 is 32.8 Å². The molecule has 0 bridgehead atoms. The van der Waals surface area contributed by atoms with E-state index in [-0.39, 0.29) is 43.9 Å². The van der Waals surface area contributed by atoms with Gasteiger partial charge in [0.1, 0.15) is 17.4 Å². The molecule has 0 saturated carbocycles. The Labute approximate surface area is 157 Å². The fourth-order valence-corrected chi connectivity index (χ4v) is 2.72. The van der Waals surface area contributed by atoms with E-state index in [0.717, 1.165) is 18.2 Å². The minimum atomic E-state index is -1.06. The van der Waals surface area contributed by atoms with Crippen LogP contribution in [-0.4, -0.2) is 46.2 Å². The number of benzene rings is 1. The third-order valence-electron chi connectivity index (χ3n) is 4.12. The second kappa shape index (κ2) is 8.03. The number of fused-ring (bicyclic) bond motifs is 1. The third kappa shape index (κ3) is 4.24. The number of carbonyl (C=O) groups excluding carboxylic acids is 2. The molecule has 28 heavy (non-hydrogen) atoms. The van der Waals surface area contributed by atoms with Crippen molar-refractivity contribution in [1.29, 1.82) is 0 Å². The molecule has 0 saturated heterocycles. The predicted octanol–water partition coefficient (Wildman–Crippen LogP) is 1.75. The van der Waals surface area contributed by atoms with Crippen molar-refractivity contribution in [1.82, 2.24) is 15.4 Å². The van der Waals surface area contributed by atoms with Gasteiger partial charge in [-0.3, -0.25) is 9.59 Å². The first-order valence-corrected chi connectivity index (χ1v) is 8.33. The molecular formula is C17H16F2N4O5. The van der Waals surface area contributed by atoms with Crippen LogP contribution in [-0.2, 0) is 17.8 Å². The second-order valence-corrected chi connectivity index (χ2v) is 6.06. The number of rotatable bonds is 5. The van der Waals surface area contributed by atoms with Gasteiger partial charge in [-0.15, -0.1) is 0 Å². The molecule has 0 atom stereocenters. The molecule has 1 aliphatic rings. The highest BCUT2D eigenvalue weighted by molar-refractivity contribution is 5.94. The van der Waals surface area contributed by atoms with Crippen molar-refractivity contribution in [3.63, 3.8) is 0 Å². The zero-order chi connectivity index (χ0) is 20.3. The molecule has 0 radical (unpaired) electrons. The molecule has 9 nitrogen and oxygen atoms in total. The molecule has 2 aromatic rings. The van der Waals surface area contributed by atoms with Gasteiger partial charge in [-0.05, 0) is 12.1 Å². The van der Waals surface area contributed by atoms with E-state index in [2.05, 4.69) is 15.8 Å². The Morgan fingerprint density at radius 2 is 2.07 bits per heavy atom. The molecule has 3 amide bonds. The lowest BCUT2D eigenvalue weighted by atomic mass is 10.1. The summed E-state index contributed by atoms with van der Waals surface area (Å²) in [5, 5.41) is 17.0. The van der Waals surface area contributed by atoms with Crippen LogP contribution in [0.15, 0.2) is 22.7 Å². The summed E-state index contributed by atoms with van der Waals surface area (Å²) in [6, 6.07) is 2.03. The van der Waals surface area contributed by atoms with Crippen molar-refractivity contribution in [2.45, 2.75) is 19.4 Å². The Morgan fingerprint density at radius 1 is 1.29 bits per heavy atom. The van der Waals surface area contributed by atoms with Gasteiger partial charge in [0, 0.05) is 31.1 Å². The van der Waals surface area contributed by atoms with Crippen LogP contribution in [0, 0.1) is 11.6 Å². The summed E-state index contributed by atoms with van der Waals surface area (Å²) >= 11 is 0. The smallest absolute Gasteiger partial charge is 0.322 e. The summed E-state index contributed by atoms with van der Waals surface area (Å²) in [4.78, 5) is 36.4. The fourth-order valence-electron chi connectivity index (χ4n) is 2.72. The van der Waals surface area contributed by atoms with Crippen molar-refractivity contribution in [2.24, 2.45) is 0 Å². The molecule has 1 aromatic heterocycles. The van der Waals surface area contributed by atoms with Crippen molar-refractivity contribution in [3.05, 3.63) is 46.9 Å². The van der Waals surface area contributed by atoms with Crippen LogP contribution in [0.1, 0.15) is 28.2 Å². The molecular weight excluding hydrogens is 378 g/mol.